The molecule has 42 valence electrons. The van der Waals surface area contributed by atoms with E-state index in [0.717, 1.165) is 0 Å². The van der Waals surface area contributed by atoms with Gasteiger partial charge in [-0.15, -0.1) is 0 Å². The van der Waals surface area contributed by atoms with Crippen LogP contribution in [-0.2, 0) is 4.74 Å². The molecule has 0 spiro atoms. The summed E-state index contributed by atoms with van der Waals surface area (Å²) in [5.41, 5.74) is 0. The van der Waals surface area contributed by atoms with Crippen LogP contribution in [0.2, 0.25) is 0 Å². The first-order valence-corrected chi connectivity index (χ1v) is 2.24. The molecule has 0 amide bonds. The smallest absolute Gasteiger partial charge is 0.191 e. The van der Waals surface area contributed by atoms with Gasteiger partial charge in [0.05, 0.1) is 0 Å². The summed E-state index contributed by atoms with van der Waals surface area (Å²) in [6.07, 6.45) is 0.340. The minimum Gasteiger partial charge on any atom is -0.396 e. The highest BCUT2D eigenvalue weighted by molar-refractivity contribution is 4.77. The van der Waals surface area contributed by atoms with E-state index < -0.39 is 5.79 Å². The van der Waals surface area contributed by atoms with E-state index in [4.69, 9.17) is 10.2 Å². The van der Waals surface area contributed by atoms with E-state index in [0.29, 0.717) is 13.0 Å². The molecule has 0 aliphatic carbocycles. The van der Waals surface area contributed by atoms with Crippen molar-refractivity contribution in [1.82, 2.24) is 0 Å². The zero-order valence-corrected chi connectivity index (χ0v) is 3.92. The lowest BCUT2D eigenvalue weighted by molar-refractivity contribution is 0.0148. The van der Waals surface area contributed by atoms with Crippen LogP contribution in [0.1, 0.15) is 6.42 Å². The van der Waals surface area contributed by atoms with Crippen LogP contribution in [-0.4, -0.2) is 29.2 Å². The van der Waals surface area contributed by atoms with E-state index in [1.54, 1.807) is 0 Å². The number of epoxide rings is 1. The Hall–Kier alpha value is -0.120. The lowest BCUT2D eigenvalue weighted by atomic mass is 10.3. The second-order valence-electron chi connectivity index (χ2n) is 1.71. The van der Waals surface area contributed by atoms with Crippen molar-refractivity contribution in [2.75, 3.05) is 13.2 Å². The van der Waals surface area contributed by atoms with Gasteiger partial charge in [0.2, 0.25) is 0 Å². The standard InChI is InChI=1S/C4H8O3/c5-2-1-4(6)3-7-4/h5-6H,1-3H2. The molecule has 1 heterocycles. The minimum atomic E-state index is -0.950. The molecule has 0 aromatic heterocycles. The molecule has 0 aromatic carbocycles. The third-order valence-electron chi connectivity index (χ3n) is 0.980. The molecule has 7 heavy (non-hydrogen) atoms. The van der Waals surface area contributed by atoms with Gasteiger partial charge in [-0.25, -0.2) is 0 Å². The molecule has 0 radical (unpaired) electrons. The Kier molecular flexibility index (Phi) is 1.03. The minimum absolute atomic E-state index is 0.00347. The van der Waals surface area contributed by atoms with E-state index in [1.165, 1.54) is 0 Å². The first-order chi connectivity index (χ1) is 3.27. The highest BCUT2D eigenvalue weighted by atomic mass is 16.7. The first-order valence-electron chi connectivity index (χ1n) is 2.24. The van der Waals surface area contributed by atoms with Crippen molar-refractivity contribution in [2.45, 2.75) is 12.2 Å². The molecule has 1 aliphatic heterocycles. The molecule has 3 nitrogen and oxygen atoms in total. The van der Waals surface area contributed by atoms with Gasteiger partial charge in [-0.2, -0.15) is 0 Å². The Morgan fingerprint density at radius 2 is 2.29 bits per heavy atom. The fraction of sp³-hybridized carbons (Fsp3) is 1.00. The Bertz CT molecular complexity index is 67.3. The number of rotatable bonds is 2. The number of aliphatic hydroxyl groups is 2. The van der Waals surface area contributed by atoms with E-state index in [1.807, 2.05) is 0 Å². The van der Waals surface area contributed by atoms with Crippen molar-refractivity contribution in [3.05, 3.63) is 0 Å². The average Bonchev–Trinajstić information content (AvgIpc) is 2.22. The molecule has 1 atom stereocenters. The number of aliphatic hydroxyl groups excluding tert-OH is 1. The Balaban J connectivity index is 2.13. The first kappa shape index (κ1) is 5.03. The van der Waals surface area contributed by atoms with Crippen molar-refractivity contribution in [2.24, 2.45) is 0 Å². The predicted octanol–water partition coefficient (Wildman–Crippen LogP) is -0.912. The lowest BCUT2D eigenvalue weighted by Gasteiger charge is -1.96. The third kappa shape index (κ3) is 1.12. The summed E-state index contributed by atoms with van der Waals surface area (Å²) >= 11 is 0. The topological polar surface area (TPSA) is 53.0 Å². The fourth-order valence-electron chi connectivity index (χ4n) is 0.402. The van der Waals surface area contributed by atoms with Crippen molar-refractivity contribution in [1.29, 1.82) is 0 Å². The SMILES string of the molecule is OCCC1(O)CO1. The molecule has 0 saturated carbocycles. The Morgan fingerprint density at radius 3 is 2.43 bits per heavy atom. The second-order valence-corrected chi connectivity index (χ2v) is 1.71. The quantitative estimate of drug-likeness (QED) is 0.446. The van der Waals surface area contributed by atoms with Gasteiger partial charge in [-0.3, -0.25) is 0 Å². The maximum absolute atomic E-state index is 8.75. The van der Waals surface area contributed by atoms with Gasteiger partial charge in [0.1, 0.15) is 6.61 Å². The summed E-state index contributed by atoms with van der Waals surface area (Å²) in [7, 11) is 0. The van der Waals surface area contributed by atoms with Gasteiger partial charge < -0.3 is 14.9 Å². The molecular weight excluding hydrogens is 96.0 g/mol. The molecule has 1 fully saturated rings. The molecule has 1 unspecified atom stereocenters. The van der Waals surface area contributed by atoms with Crippen LogP contribution in [0, 0.1) is 0 Å². The normalized spacial score (nSPS) is 38.6. The number of hydrogen-bond acceptors (Lipinski definition) is 3. The van der Waals surface area contributed by atoms with E-state index in [9.17, 15) is 0 Å². The largest absolute Gasteiger partial charge is 0.396 e. The van der Waals surface area contributed by atoms with Gasteiger partial charge in [0, 0.05) is 13.0 Å². The van der Waals surface area contributed by atoms with E-state index >= 15 is 0 Å². The zero-order chi connectivity index (χ0) is 5.33. The van der Waals surface area contributed by atoms with Crippen LogP contribution in [0.15, 0.2) is 0 Å². The van der Waals surface area contributed by atoms with Crippen molar-refractivity contribution in [3.8, 4) is 0 Å². The van der Waals surface area contributed by atoms with Crippen molar-refractivity contribution in [3.63, 3.8) is 0 Å². The van der Waals surface area contributed by atoms with Gasteiger partial charge >= 0.3 is 0 Å². The highest BCUT2D eigenvalue weighted by Crippen LogP contribution is 2.25. The van der Waals surface area contributed by atoms with E-state index in [2.05, 4.69) is 4.74 Å². The van der Waals surface area contributed by atoms with Crippen LogP contribution in [0.4, 0.5) is 0 Å². The monoisotopic (exact) mass is 104 g/mol. The lowest BCUT2D eigenvalue weighted by Crippen LogP contribution is -2.10. The summed E-state index contributed by atoms with van der Waals surface area (Å²) in [5, 5.41) is 16.9. The maximum atomic E-state index is 8.75. The zero-order valence-electron chi connectivity index (χ0n) is 3.92. The van der Waals surface area contributed by atoms with Crippen LogP contribution in [0.3, 0.4) is 0 Å². The van der Waals surface area contributed by atoms with E-state index in [-0.39, 0.29) is 6.61 Å². The second kappa shape index (κ2) is 1.43. The Labute approximate surface area is 41.5 Å². The van der Waals surface area contributed by atoms with Crippen molar-refractivity contribution < 1.29 is 14.9 Å². The summed E-state index contributed by atoms with van der Waals surface area (Å²) in [4.78, 5) is 0. The molecule has 1 aliphatic rings. The van der Waals surface area contributed by atoms with Crippen molar-refractivity contribution >= 4 is 0 Å². The predicted molar refractivity (Wildman–Crippen MR) is 22.6 cm³/mol. The molecule has 1 rings (SSSR count). The summed E-state index contributed by atoms with van der Waals surface area (Å²) in [6.45, 7) is 0.379. The summed E-state index contributed by atoms with van der Waals surface area (Å²) in [6, 6.07) is 0. The number of hydrogen-bond donors (Lipinski definition) is 2. The molecular formula is C4H8O3. The van der Waals surface area contributed by atoms with Crippen LogP contribution >= 0.6 is 0 Å². The van der Waals surface area contributed by atoms with Gasteiger partial charge in [0.15, 0.2) is 5.79 Å². The van der Waals surface area contributed by atoms with Crippen LogP contribution in [0.5, 0.6) is 0 Å². The molecule has 0 bridgehead atoms. The molecule has 1 saturated heterocycles. The maximum Gasteiger partial charge on any atom is 0.191 e. The highest BCUT2D eigenvalue weighted by Gasteiger charge is 2.41. The average molecular weight is 104 g/mol. The molecule has 0 aromatic rings. The van der Waals surface area contributed by atoms with Crippen LogP contribution in [0.25, 0.3) is 0 Å². The third-order valence-corrected chi connectivity index (χ3v) is 0.980. The summed E-state index contributed by atoms with van der Waals surface area (Å²) in [5.74, 6) is -0.950. The summed E-state index contributed by atoms with van der Waals surface area (Å²) < 4.78 is 4.53. The Morgan fingerprint density at radius 1 is 1.71 bits per heavy atom. The number of ether oxygens (including phenoxy) is 1. The van der Waals surface area contributed by atoms with Crippen LogP contribution < -0.4 is 0 Å². The fourth-order valence-corrected chi connectivity index (χ4v) is 0.402. The van der Waals surface area contributed by atoms with Gasteiger partial charge in [-0.1, -0.05) is 0 Å². The van der Waals surface area contributed by atoms with Gasteiger partial charge in [0.25, 0.3) is 0 Å². The van der Waals surface area contributed by atoms with Gasteiger partial charge in [-0.05, 0) is 0 Å². The molecule has 2 N–H and O–H groups in total. The molecule has 3 heteroatoms.